The Balaban J connectivity index is 3.06. The highest BCUT2D eigenvalue weighted by Gasteiger charge is 2.41. The van der Waals surface area contributed by atoms with E-state index >= 15 is 0 Å². The van der Waals surface area contributed by atoms with Crippen molar-refractivity contribution in [2.24, 2.45) is 11.8 Å². The van der Waals surface area contributed by atoms with Gasteiger partial charge in [0.05, 0.1) is 11.8 Å². The largest absolute Gasteiger partial charge is 0.480 e. The summed E-state index contributed by atoms with van der Waals surface area (Å²) in [6.07, 6.45) is 2.00. The highest BCUT2D eigenvalue weighted by atomic mass is 31.2. The summed E-state index contributed by atoms with van der Waals surface area (Å²) in [6, 6.07) is -0.852. The molecule has 134 valence electrons. The average Bonchev–Trinajstić information content (AvgIpc) is 3.18. The quantitative estimate of drug-likeness (QED) is 0.325. The molecule has 0 aromatic carbocycles. The number of aliphatic carboxylic acids is 1. The number of hydroxylamine groups is 2. The van der Waals surface area contributed by atoms with Crippen molar-refractivity contribution in [3.63, 3.8) is 0 Å². The lowest BCUT2D eigenvalue weighted by atomic mass is 10.0. The van der Waals surface area contributed by atoms with Crippen LogP contribution in [0, 0.1) is 11.8 Å². The van der Waals surface area contributed by atoms with Crippen molar-refractivity contribution >= 4 is 19.2 Å². The average molecular weight is 350 g/mol. The first-order valence-corrected chi connectivity index (χ1v) is 9.90. The van der Waals surface area contributed by atoms with Crippen LogP contribution in [-0.4, -0.2) is 68.6 Å². The van der Waals surface area contributed by atoms with Gasteiger partial charge in [-0.1, -0.05) is 13.8 Å². The molecule has 23 heavy (non-hydrogen) atoms. The van der Waals surface area contributed by atoms with Gasteiger partial charge in [0.15, 0.2) is 0 Å². The van der Waals surface area contributed by atoms with E-state index < -0.39 is 37.6 Å². The molecule has 0 aromatic rings. The SMILES string of the molecule is CC(C)C(C(=O)N(O)CC(=O)O)N(CC1CC1)C(C)P(C)(=O)O. The van der Waals surface area contributed by atoms with Crippen LogP contribution in [0.4, 0.5) is 0 Å². The van der Waals surface area contributed by atoms with E-state index in [2.05, 4.69) is 0 Å². The molecule has 0 spiro atoms. The van der Waals surface area contributed by atoms with Crippen molar-refractivity contribution in [3.05, 3.63) is 0 Å². The molecule has 9 heteroatoms. The van der Waals surface area contributed by atoms with Crippen LogP contribution in [0.3, 0.4) is 0 Å². The van der Waals surface area contributed by atoms with Gasteiger partial charge in [-0.3, -0.25) is 24.3 Å². The molecular weight excluding hydrogens is 323 g/mol. The lowest BCUT2D eigenvalue weighted by molar-refractivity contribution is -0.180. The minimum atomic E-state index is -3.48. The molecule has 0 radical (unpaired) electrons. The molecule has 0 saturated heterocycles. The highest BCUT2D eigenvalue weighted by molar-refractivity contribution is 7.57. The van der Waals surface area contributed by atoms with Gasteiger partial charge < -0.3 is 10.00 Å². The van der Waals surface area contributed by atoms with Crippen LogP contribution in [0.25, 0.3) is 0 Å². The van der Waals surface area contributed by atoms with Crippen LogP contribution in [0.2, 0.25) is 0 Å². The van der Waals surface area contributed by atoms with E-state index in [0.29, 0.717) is 12.5 Å². The van der Waals surface area contributed by atoms with Crippen molar-refractivity contribution in [2.45, 2.75) is 45.4 Å². The molecule has 8 nitrogen and oxygen atoms in total. The standard InChI is InChI=1S/C14H27N2O6P/c1-9(2)13(14(19)16(20)8-12(17)18)15(7-11-5-6-11)10(3)23(4,21)22/h9-11,13,20H,5-8H2,1-4H3,(H,17,18)(H,21,22). The molecule has 3 unspecified atom stereocenters. The molecule has 1 fully saturated rings. The maximum atomic E-state index is 12.5. The first-order valence-electron chi connectivity index (χ1n) is 7.72. The van der Waals surface area contributed by atoms with Gasteiger partial charge in [-0.15, -0.1) is 0 Å². The van der Waals surface area contributed by atoms with Gasteiger partial charge in [0, 0.05) is 13.2 Å². The Morgan fingerprint density at radius 3 is 2.13 bits per heavy atom. The number of carbonyl (C=O) groups excluding carboxylic acids is 1. The third-order valence-electron chi connectivity index (χ3n) is 4.12. The third kappa shape index (κ3) is 5.88. The second-order valence-corrected chi connectivity index (χ2v) is 9.33. The predicted molar refractivity (Wildman–Crippen MR) is 84.4 cm³/mol. The van der Waals surface area contributed by atoms with E-state index in [1.165, 1.54) is 6.66 Å². The summed E-state index contributed by atoms with van der Waals surface area (Å²) in [6.45, 7) is 6.02. The van der Waals surface area contributed by atoms with Gasteiger partial charge in [-0.2, -0.15) is 0 Å². The van der Waals surface area contributed by atoms with Crippen molar-refractivity contribution in [2.75, 3.05) is 19.8 Å². The fraction of sp³-hybridized carbons (Fsp3) is 0.857. The molecule has 1 aliphatic carbocycles. The fourth-order valence-corrected chi connectivity index (χ4v) is 3.33. The molecule has 1 amide bonds. The van der Waals surface area contributed by atoms with E-state index in [1.54, 1.807) is 25.7 Å². The molecule has 1 saturated carbocycles. The Hall–Kier alpha value is -0.950. The van der Waals surface area contributed by atoms with Crippen LogP contribution in [-0.2, 0) is 14.2 Å². The smallest absolute Gasteiger partial charge is 0.325 e. The molecule has 0 aromatic heterocycles. The van der Waals surface area contributed by atoms with E-state index in [4.69, 9.17) is 5.11 Å². The molecule has 1 aliphatic rings. The Kier molecular flexibility index (Phi) is 6.77. The van der Waals surface area contributed by atoms with Crippen molar-refractivity contribution < 1.29 is 29.4 Å². The molecular formula is C14H27N2O6P. The maximum Gasteiger partial charge on any atom is 0.325 e. The van der Waals surface area contributed by atoms with Gasteiger partial charge >= 0.3 is 5.97 Å². The second kappa shape index (κ2) is 7.75. The number of nitrogens with zero attached hydrogens (tertiary/aromatic N) is 2. The van der Waals surface area contributed by atoms with E-state index in [-0.39, 0.29) is 11.0 Å². The van der Waals surface area contributed by atoms with Crippen molar-refractivity contribution in [1.82, 2.24) is 9.96 Å². The number of carbonyl (C=O) groups is 2. The molecule has 3 atom stereocenters. The summed E-state index contributed by atoms with van der Waals surface area (Å²) in [5.41, 5.74) is 0. The minimum absolute atomic E-state index is 0.178. The van der Waals surface area contributed by atoms with E-state index in [0.717, 1.165) is 12.8 Å². The fourth-order valence-electron chi connectivity index (χ4n) is 2.54. The Labute approximate surface area is 136 Å². The second-order valence-electron chi connectivity index (χ2n) is 6.69. The number of amides is 1. The number of carboxylic acid groups (broad SMARTS) is 1. The van der Waals surface area contributed by atoms with Crippen molar-refractivity contribution in [3.8, 4) is 0 Å². The van der Waals surface area contributed by atoms with E-state index in [9.17, 15) is 24.3 Å². The zero-order valence-corrected chi connectivity index (χ0v) is 14.9. The van der Waals surface area contributed by atoms with Crippen molar-refractivity contribution in [1.29, 1.82) is 0 Å². The Morgan fingerprint density at radius 2 is 1.78 bits per heavy atom. The summed E-state index contributed by atoms with van der Waals surface area (Å²) in [4.78, 5) is 34.8. The monoisotopic (exact) mass is 350 g/mol. The molecule has 0 aliphatic heterocycles. The van der Waals surface area contributed by atoms with E-state index in [1.807, 2.05) is 0 Å². The summed E-state index contributed by atoms with van der Waals surface area (Å²) >= 11 is 0. The lowest BCUT2D eigenvalue weighted by Gasteiger charge is -2.39. The number of rotatable bonds is 9. The third-order valence-corrected chi connectivity index (χ3v) is 5.80. The van der Waals surface area contributed by atoms with Gasteiger partial charge in [0.2, 0.25) is 7.37 Å². The maximum absolute atomic E-state index is 12.5. The van der Waals surface area contributed by atoms with Gasteiger partial charge in [-0.05, 0) is 31.6 Å². The number of carboxylic acids is 1. The topological polar surface area (TPSA) is 118 Å². The summed E-state index contributed by atoms with van der Waals surface area (Å²) in [7, 11) is -3.48. The van der Waals surface area contributed by atoms with Crippen LogP contribution >= 0.6 is 7.37 Å². The predicted octanol–water partition coefficient (Wildman–Crippen LogP) is 1.27. The van der Waals surface area contributed by atoms with Crippen LogP contribution < -0.4 is 0 Å². The lowest BCUT2D eigenvalue weighted by Crippen LogP contribution is -2.54. The normalized spacial score (nSPS) is 20.2. The van der Waals surface area contributed by atoms with Crippen LogP contribution in [0.5, 0.6) is 0 Å². The minimum Gasteiger partial charge on any atom is -0.480 e. The number of hydrogen-bond donors (Lipinski definition) is 3. The Morgan fingerprint density at radius 1 is 1.26 bits per heavy atom. The zero-order valence-electron chi connectivity index (χ0n) is 14.0. The summed E-state index contributed by atoms with van der Waals surface area (Å²) in [5.74, 6) is -2.72. The van der Waals surface area contributed by atoms with Gasteiger partial charge in [0.25, 0.3) is 5.91 Å². The molecule has 1 rings (SSSR count). The highest BCUT2D eigenvalue weighted by Crippen LogP contribution is 2.46. The summed E-state index contributed by atoms with van der Waals surface area (Å²) in [5, 5.41) is 18.6. The zero-order chi connectivity index (χ0) is 17.9. The van der Waals surface area contributed by atoms with Crippen LogP contribution in [0.1, 0.15) is 33.6 Å². The van der Waals surface area contributed by atoms with Crippen LogP contribution in [0.15, 0.2) is 0 Å². The molecule has 0 heterocycles. The van der Waals surface area contributed by atoms with Gasteiger partial charge in [-0.25, -0.2) is 5.06 Å². The van der Waals surface area contributed by atoms with Gasteiger partial charge in [0.1, 0.15) is 6.54 Å². The first kappa shape index (κ1) is 20.1. The first-order chi connectivity index (χ1) is 10.4. The molecule has 3 N–H and O–H groups in total. The number of hydrogen-bond acceptors (Lipinski definition) is 5. The molecule has 0 bridgehead atoms. The summed E-state index contributed by atoms with van der Waals surface area (Å²) < 4.78 is 12.1. The Bertz CT molecular complexity index is 488.